The fourth-order valence-electron chi connectivity index (χ4n) is 3.23. The fourth-order valence-corrected chi connectivity index (χ4v) is 3.23. The van der Waals surface area contributed by atoms with E-state index in [-0.39, 0.29) is 17.6 Å². The molecule has 1 aliphatic heterocycles. The monoisotopic (exact) mass is 316 g/mol. The third-order valence-electron chi connectivity index (χ3n) is 4.44. The fraction of sp³-hybridized carbons (Fsp3) is 0.368. The highest BCUT2D eigenvalue weighted by Gasteiger charge is 2.22. The van der Waals surface area contributed by atoms with Crippen LogP contribution in [0, 0.1) is 11.6 Å². The smallest absolute Gasteiger partial charge is 0.123 e. The van der Waals surface area contributed by atoms with Crippen LogP contribution < -0.4 is 5.32 Å². The summed E-state index contributed by atoms with van der Waals surface area (Å²) in [5.41, 5.74) is 2.12. The first-order valence-corrected chi connectivity index (χ1v) is 8.08. The van der Waals surface area contributed by atoms with Crippen molar-refractivity contribution in [2.24, 2.45) is 0 Å². The van der Waals surface area contributed by atoms with Crippen molar-refractivity contribution in [3.05, 3.63) is 71.3 Å². The Bertz CT molecular complexity index is 579. The van der Waals surface area contributed by atoms with Gasteiger partial charge in [0.05, 0.1) is 0 Å². The molecule has 3 rings (SSSR count). The number of nitrogens with zero attached hydrogens (tertiary/aromatic N) is 1. The molecular formula is C19H22F2N2. The Balaban J connectivity index is 1.86. The summed E-state index contributed by atoms with van der Waals surface area (Å²) >= 11 is 0. The Hall–Kier alpha value is -1.78. The summed E-state index contributed by atoms with van der Waals surface area (Å²) < 4.78 is 26.5. The molecular weight excluding hydrogens is 294 g/mol. The highest BCUT2D eigenvalue weighted by molar-refractivity contribution is 5.33. The van der Waals surface area contributed by atoms with Crippen molar-refractivity contribution in [2.75, 3.05) is 26.2 Å². The summed E-state index contributed by atoms with van der Waals surface area (Å²) in [4.78, 5) is 2.42. The van der Waals surface area contributed by atoms with Crippen LogP contribution in [0.5, 0.6) is 0 Å². The van der Waals surface area contributed by atoms with E-state index in [0.29, 0.717) is 6.04 Å². The van der Waals surface area contributed by atoms with Gasteiger partial charge in [0.1, 0.15) is 11.6 Å². The lowest BCUT2D eigenvalue weighted by atomic mass is 9.90. The zero-order valence-electron chi connectivity index (χ0n) is 13.3. The molecule has 0 aromatic heterocycles. The lowest BCUT2D eigenvalue weighted by molar-refractivity contribution is 0.202. The Labute approximate surface area is 136 Å². The Kier molecular flexibility index (Phi) is 5.03. The number of rotatable bonds is 4. The number of piperazine rings is 1. The molecule has 122 valence electrons. The van der Waals surface area contributed by atoms with Crippen molar-refractivity contribution in [1.29, 1.82) is 0 Å². The SMILES string of the molecule is CC1CN(CC(c2ccc(F)cc2)c2ccc(F)cc2)CCN1. The van der Waals surface area contributed by atoms with Gasteiger partial charge < -0.3 is 5.32 Å². The molecule has 0 amide bonds. The molecule has 1 unspecified atom stereocenters. The van der Waals surface area contributed by atoms with Crippen molar-refractivity contribution in [1.82, 2.24) is 10.2 Å². The molecule has 0 spiro atoms. The summed E-state index contributed by atoms with van der Waals surface area (Å²) in [5.74, 6) is -0.355. The van der Waals surface area contributed by atoms with Crippen LogP contribution in [0.1, 0.15) is 24.0 Å². The van der Waals surface area contributed by atoms with Crippen LogP contribution >= 0.6 is 0 Å². The molecule has 0 bridgehead atoms. The van der Waals surface area contributed by atoms with Gasteiger partial charge in [-0.1, -0.05) is 24.3 Å². The van der Waals surface area contributed by atoms with Crippen LogP contribution in [-0.4, -0.2) is 37.1 Å². The van der Waals surface area contributed by atoms with E-state index in [1.807, 2.05) is 24.3 Å². The Morgan fingerprint density at radius 2 is 1.52 bits per heavy atom. The standard InChI is InChI=1S/C19H22F2N2/c1-14-12-23(11-10-22-14)13-19(15-2-6-17(20)7-3-15)16-4-8-18(21)9-5-16/h2-9,14,19,22H,10-13H2,1H3. The molecule has 1 atom stereocenters. The average Bonchev–Trinajstić information content (AvgIpc) is 2.55. The van der Waals surface area contributed by atoms with Crippen molar-refractivity contribution in [3.63, 3.8) is 0 Å². The van der Waals surface area contributed by atoms with Gasteiger partial charge in [-0.3, -0.25) is 4.90 Å². The van der Waals surface area contributed by atoms with Gasteiger partial charge in [0.25, 0.3) is 0 Å². The zero-order chi connectivity index (χ0) is 16.2. The molecule has 1 fully saturated rings. The maximum absolute atomic E-state index is 13.2. The van der Waals surface area contributed by atoms with Crippen molar-refractivity contribution in [2.45, 2.75) is 18.9 Å². The molecule has 0 radical (unpaired) electrons. The quantitative estimate of drug-likeness (QED) is 0.930. The minimum atomic E-state index is -0.234. The lowest BCUT2D eigenvalue weighted by Gasteiger charge is -2.34. The molecule has 2 aromatic carbocycles. The molecule has 1 heterocycles. The van der Waals surface area contributed by atoms with E-state index in [9.17, 15) is 8.78 Å². The molecule has 1 saturated heterocycles. The summed E-state index contributed by atoms with van der Waals surface area (Å²) in [5, 5.41) is 3.44. The summed E-state index contributed by atoms with van der Waals surface area (Å²) in [6.45, 7) is 5.98. The van der Waals surface area contributed by atoms with E-state index >= 15 is 0 Å². The highest BCUT2D eigenvalue weighted by Crippen LogP contribution is 2.26. The molecule has 1 N–H and O–H groups in total. The average molecular weight is 316 g/mol. The number of hydrogen-bond donors (Lipinski definition) is 1. The third-order valence-corrected chi connectivity index (χ3v) is 4.44. The molecule has 23 heavy (non-hydrogen) atoms. The molecule has 0 saturated carbocycles. The van der Waals surface area contributed by atoms with E-state index in [4.69, 9.17) is 0 Å². The van der Waals surface area contributed by atoms with Gasteiger partial charge >= 0.3 is 0 Å². The van der Waals surface area contributed by atoms with Gasteiger partial charge in [0.15, 0.2) is 0 Å². The van der Waals surface area contributed by atoms with Gasteiger partial charge in [0.2, 0.25) is 0 Å². The number of halogens is 2. The minimum Gasteiger partial charge on any atom is -0.312 e. The van der Waals surface area contributed by atoms with Gasteiger partial charge in [-0.05, 0) is 42.3 Å². The predicted octanol–water partition coefficient (Wildman–Crippen LogP) is 3.39. The number of nitrogens with one attached hydrogen (secondary N) is 1. The van der Waals surface area contributed by atoms with Crippen LogP contribution in [0.2, 0.25) is 0 Å². The first kappa shape index (κ1) is 16.1. The van der Waals surface area contributed by atoms with Crippen LogP contribution in [0.3, 0.4) is 0 Å². The van der Waals surface area contributed by atoms with Crippen LogP contribution in [-0.2, 0) is 0 Å². The topological polar surface area (TPSA) is 15.3 Å². The second-order valence-corrected chi connectivity index (χ2v) is 6.27. The van der Waals surface area contributed by atoms with Crippen LogP contribution in [0.15, 0.2) is 48.5 Å². The Morgan fingerprint density at radius 1 is 1.00 bits per heavy atom. The van der Waals surface area contributed by atoms with E-state index < -0.39 is 0 Å². The predicted molar refractivity (Wildman–Crippen MR) is 88.5 cm³/mol. The van der Waals surface area contributed by atoms with Crippen LogP contribution in [0.25, 0.3) is 0 Å². The van der Waals surface area contributed by atoms with Crippen LogP contribution in [0.4, 0.5) is 8.78 Å². The normalized spacial score (nSPS) is 19.2. The molecule has 4 heteroatoms. The third kappa shape index (κ3) is 4.15. The number of benzene rings is 2. The van der Waals surface area contributed by atoms with Gasteiger partial charge in [-0.2, -0.15) is 0 Å². The second-order valence-electron chi connectivity index (χ2n) is 6.27. The first-order chi connectivity index (χ1) is 11.1. The zero-order valence-corrected chi connectivity index (χ0v) is 13.3. The number of hydrogen-bond acceptors (Lipinski definition) is 2. The molecule has 0 aliphatic carbocycles. The van der Waals surface area contributed by atoms with Gasteiger partial charge in [0, 0.05) is 38.1 Å². The summed E-state index contributed by atoms with van der Waals surface area (Å²) in [7, 11) is 0. The molecule has 2 nitrogen and oxygen atoms in total. The first-order valence-electron chi connectivity index (χ1n) is 8.08. The molecule has 2 aromatic rings. The van der Waals surface area contributed by atoms with Gasteiger partial charge in [-0.15, -0.1) is 0 Å². The summed E-state index contributed by atoms with van der Waals surface area (Å²) in [6, 6.07) is 13.7. The van der Waals surface area contributed by atoms with E-state index in [1.165, 1.54) is 24.3 Å². The van der Waals surface area contributed by atoms with E-state index in [2.05, 4.69) is 17.1 Å². The molecule has 1 aliphatic rings. The van der Waals surface area contributed by atoms with Crippen molar-refractivity contribution in [3.8, 4) is 0 Å². The van der Waals surface area contributed by atoms with Gasteiger partial charge in [-0.25, -0.2) is 8.78 Å². The maximum Gasteiger partial charge on any atom is 0.123 e. The largest absolute Gasteiger partial charge is 0.312 e. The lowest BCUT2D eigenvalue weighted by Crippen LogP contribution is -2.50. The highest BCUT2D eigenvalue weighted by atomic mass is 19.1. The van der Waals surface area contributed by atoms with Crippen molar-refractivity contribution >= 4 is 0 Å². The van der Waals surface area contributed by atoms with Crippen molar-refractivity contribution < 1.29 is 8.78 Å². The Morgan fingerprint density at radius 3 is 2.00 bits per heavy atom. The summed E-state index contributed by atoms with van der Waals surface area (Å²) in [6.07, 6.45) is 0. The maximum atomic E-state index is 13.2. The minimum absolute atomic E-state index is 0.112. The van der Waals surface area contributed by atoms with E-state index in [0.717, 1.165) is 37.3 Å². The van der Waals surface area contributed by atoms with E-state index in [1.54, 1.807) is 0 Å². The second kappa shape index (κ2) is 7.20.